The molecule has 3 aromatic heterocycles. The molecule has 0 spiro atoms. The van der Waals surface area contributed by atoms with Crippen LogP contribution in [0.25, 0.3) is 16.7 Å². The fourth-order valence-corrected chi connectivity index (χ4v) is 3.75. The third-order valence-corrected chi connectivity index (χ3v) is 5.34. The second kappa shape index (κ2) is 7.73. The van der Waals surface area contributed by atoms with Crippen molar-refractivity contribution in [1.82, 2.24) is 24.7 Å². The Morgan fingerprint density at radius 2 is 2.09 bits per heavy atom. The molecule has 11 heteroatoms. The van der Waals surface area contributed by atoms with Crippen LogP contribution in [-0.2, 0) is 17.1 Å². The van der Waals surface area contributed by atoms with E-state index in [1.165, 1.54) is 11.6 Å². The van der Waals surface area contributed by atoms with Crippen LogP contribution in [0, 0.1) is 0 Å². The van der Waals surface area contributed by atoms with Gasteiger partial charge in [-0.05, 0) is 19.8 Å². The van der Waals surface area contributed by atoms with Crippen molar-refractivity contribution in [3.05, 3.63) is 29.8 Å². The van der Waals surface area contributed by atoms with Crippen LogP contribution in [-0.4, -0.2) is 54.4 Å². The van der Waals surface area contributed by atoms with Crippen LogP contribution < -0.4 is 10.2 Å². The summed E-state index contributed by atoms with van der Waals surface area (Å²) in [6.07, 6.45) is 2.58. The van der Waals surface area contributed by atoms with Gasteiger partial charge in [-0.25, -0.2) is 19.6 Å². The molecule has 0 radical (unpaired) electrons. The minimum atomic E-state index is -3.22. The summed E-state index contributed by atoms with van der Waals surface area (Å²) in [5.74, 6) is -3.05. The van der Waals surface area contributed by atoms with Gasteiger partial charge in [-0.3, -0.25) is 4.79 Å². The molecule has 1 aliphatic heterocycles. The Morgan fingerprint density at radius 3 is 2.69 bits per heavy atom. The highest BCUT2D eigenvalue weighted by Crippen LogP contribution is 2.34. The van der Waals surface area contributed by atoms with Gasteiger partial charge in [0, 0.05) is 51.0 Å². The molecule has 2 N–H and O–H groups in total. The molecule has 4 heterocycles. The third kappa shape index (κ3) is 4.24. The maximum atomic E-state index is 14.1. The van der Waals surface area contributed by atoms with Gasteiger partial charge in [-0.15, -0.1) is 5.10 Å². The second-order valence-electron chi connectivity index (χ2n) is 8.45. The second-order valence-corrected chi connectivity index (χ2v) is 8.45. The average Bonchev–Trinajstić information content (AvgIpc) is 3.26. The molecule has 9 nitrogen and oxygen atoms in total. The lowest BCUT2D eigenvalue weighted by molar-refractivity contribution is -0.114. The highest BCUT2D eigenvalue weighted by Gasteiger charge is 2.34. The zero-order valence-corrected chi connectivity index (χ0v) is 18.4. The number of nitrogens with one attached hydrogen (secondary N) is 1. The topological polar surface area (TPSA) is 109 Å². The maximum absolute atomic E-state index is 14.1. The van der Waals surface area contributed by atoms with E-state index in [4.69, 9.17) is 0 Å². The van der Waals surface area contributed by atoms with Gasteiger partial charge >= 0.3 is 5.92 Å². The van der Waals surface area contributed by atoms with Crippen molar-refractivity contribution in [2.45, 2.75) is 52.1 Å². The summed E-state index contributed by atoms with van der Waals surface area (Å²) >= 11 is 0. The van der Waals surface area contributed by atoms with Crippen LogP contribution in [0.15, 0.2) is 18.3 Å². The summed E-state index contributed by atoms with van der Waals surface area (Å²) in [5, 5.41) is 18.4. The zero-order chi connectivity index (χ0) is 23.3. The fourth-order valence-electron chi connectivity index (χ4n) is 3.75. The van der Waals surface area contributed by atoms with E-state index < -0.39 is 17.3 Å². The number of nitrogens with zero attached hydrogens (tertiary/aromatic N) is 6. The molecule has 1 fully saturated rings. The molecular weight excluding hydrogens is 420 g/mol. The first-order chi connectivity index (χ1) is 15.0. The zero-order valence-electron chi connectivity index (χ0n) is 18.4. The van der Waals surface area contributed by atoms with Crippen molar-refractivity contribution in [3.8, 4) is 5.82 Å². The van der Waals surface area contributed by atoms with Gasteiger partial charge in [0.25, 0.3) is 0 Å². The molecule has 32 heavy (non-hydrogen) atoms. The highest BCUT2D eigenvalue weighted by molar-refractivity contribution is 5.95. The van der Waals surface area contributed by atoms with Gasteiger partial charge in [0.05, 0.1) is 16.5 Å². The average molecular weight is 445 g/mol. The molecule has 4 rings (SSSR count). The number of aryl methyl sites for hydroxylation is 1. The van der Waals surface area contributed by atoms with Crippen molar-refractivity contribution in [3.63, 3.8) is 0 Å². The molecule has 0 bridgehead atoms. The summed E-state index contributed by atoms with van der Waals surface area (Å²) in [6.45, 7) is 6.65. The molecule has 0 aliphatic carbocycles. The molecule has 1 atom stereocenters. The number of aliphatic hydroxyl groups is 1. The number of hydrogen-bond acceptors (Lipinski definition) is 7. The van der Waals surface area contributed by atoms with Crippen LogP contribution in [0.4, 0.5) is 20.4 Å². The number of alkyl halides is 2. The Labute approximate surface area is 183 Å². The van der Waals surface area contributed by atoms with E-state index >= 15 is 0 Å². The molecule has 1 unspecified atom stereocenters. The van der Waals surface area contributed by atoms with Gasteiger partial charge in [-0.2, -0.15) is 8.78 Å². The summed E-state index contributed by atoms with van der Waals surface area (Å²) in [7, 11) is 0. The molecule has 170 valence electrons. The van der Waals surface area contributed by atoms with Gasteiger partial charge in [0.2, 0.25) is 11.7 Å². The highest BCUT2D eigenvalue weighted by atomic mass is 19.3. The van der Waals surface area contributed by atoms with Crippen molar-refractivity contribution in [2.24, 2.45) is 0 Å². The lowest BCUT2D eigenvalue weighted by Crippen LogP contribution is -2.29. The number of carbonyl (C=O) groups is 1. The normalized spacial score (nSPS) is 19.0. The van der Waals surface area contributed by atoms with Crippen LogP contribution >= 0.6 is 0 Å². The third-order valence-electron chi connectivity index (χ3n) is 5.34. The monoisotopic (exact) mass is 445 g/mol. The number of hydrogen-bond donors (Lipinski definition) is 2. The minimum Gasteiger partial charge on any atom is -0.388 e. The number of amides is 1. The number of pyridine rings is 1. The number of carbonyl (C=O) groups excluding carboxylic acids is 1. The van der Waals surface area contributed by atoms with E-state index in [2.05, 4.69) is 25.4 Å². The Kier molecular flexibility index (Phi) is 5.32. The predicted octanol–water partition coefficient (Wildman–Crippen LogP) is 2.80. The van der Waals surface area contributed by atoms with E-state index in [0.29, 0.717) is 54.2 Å². The quantitative estimate of drug-likeness (QED) is 0.622. The number of rotatable bonds is 5. The molecular formula is C21H25F2N7O2. The van der Waals surface area contributed by atoms with Crippen molar-refractivity contribution in [2.75, 3.05) is 23.3 Å². The van der Waals surface area contributed by atoms with Gasteiger partial charge in [0.15, 0.2) is 11.6 Å². The number of β-amino-alcohol motifs (C(OH)–C–C–N with tert-alkyl or cyclic N) is 1. The molecule has 1 saturated heterocycles. The van der Waals surface area contributed by atoms with E-state index in [1.54, 1.807) is 25.3 Å². The number of halogens is 2. The maximum Gasteiger partial charge on any atom is 0.303 e. The van der Waals surface area contributed by atoms with E-state index in [9.17, 15) is 18.7 Å². The molecule has 0 saturated carbocycles. The van der Waals surface area contributed by atoms with Gasteiger partial charge < -0.3 is 15.3 Å². The number of aromatic nitrogens is 5. The number of anilines is 2. The van der Waals surface area contributed by atoms with Crippen LogP contribution in [0.1, 0.15) is 45.6 Å². The van der Waals surface area contributed by atoms with E-state index in [-0.39, 0.29) is 11.7 Å². The first kappa shape index (κ1) is 22.0. The number of fused-ring (bicyclic) bond motifs is 1. The van der Waals surface area contributed by atoms with Crippen molar-refractivity contribution < 1.29 is 18.7 Å². The summed E-state index contributed by atoms with van der Waals surface area (Å²) in [6, 6.07) is 3.24. The Balaban J connectivity index is 1.93. The lowest BCUT2D eigenvalue weighted by atomic mass is 10.1. The Hall–Kier alpha value is -3.21. The Morgan fingerprint density at radius 1 is 1.34 bits per heavy atom. The van der Waals surface area contributed by atoms with Crippen LogP contribution in [0.5, 0.6) is 0 Å². The molecule has 0 aromatic carbocycles. The summed E-state index contributed by atoms with van der Waals surface area (Å²) < 4.78 is 29.6. The van der Waals surface area contributed by atoms with Crippen molar-refractivity contribution in [1.29, 1.82) is 0 Å². The smallest absolute Gasteiger partial charge is 0.303 e. The van der Waals surface area contributed by atoms with Crippen molar-refractivity contribution >= 4 is 28.4 Å². The van der Waals surface area contributed by atoms with Gasteiger partial charge in [0.1, 0.15) is 5.82 Å². The van der Waals surface area contributed by atoms with Crippen LogP contribution in [0.3, 0.4) is 0 Å². The molecule has 1 amide bonds. The van der Waals surface area contributed by atoms with E-state index in [1.807, 2.05) is 11.8 Å². The predicted molar refractivity (Wildman–Crippen MR) is 115 cm³/mol. The first-order valence-corrected chi connectivity index (χ1v) is 10.4. The summed E-state index contributed by atoms with van der Waals surface area (Å²) in [5.41, 5.74) is 0.134. The van der Waals surface area contributed by atoms with Gasteiger partial charge in [-0.1, -0.05) is 6.92 Å². The molecule has 3 aromatic rings. The Bertz CT molecular complexity index is 1190. The standard InChI is InChI=1S/C21H25F2N7O2/c1-5-13-8-17(27-19(26-13)21(4,22)23)30-15-9-16(25-12(2)31)24-10-14(15)18(28-30)29-7-6-20(3,32)11-29/h8-10,32H,5-7,11H2,1-4H3,(H,24,25,31). The largest absolute Gasteiger partial charge is 0.388 e. The van der Waals surface area contributed by atoms with E-state index in [0.717, 1.165) is 6.92 Å². The molecule has 1 aliphatic rings. The van der Waals surface area contributed by atoms with Crippen LogP contribution in [0.2, 0.25) is 0 Å². The minimum absolute atomic E-state index is 0.190. The fraction of sp³-hybridized carbons (Fsp3) is 0.476. The summed E-state index contributed by atoms with van der Waals surface area (Å²) in [4.78, 5) is 25.8. The lowest BCUT2D eigenvalue weighted by Gasteiger charge is -2.18. The SMILES string of the molecule is CCc1cc(-n2nc(N3CCC(C)(O)C3)c3cnc(NC(C)=O)cc32)nc(C(C)(F)F)n1. The first-order valence-electron chi connectivity index (χ1n) is 10.4.